The van der Waals surface area contributed by atoms with Crippen molar-refractivity contribution in [1.82, 2.24) is 10.0 Å². The van der Waals surface area contributed by atoms with Gasteiger partial charge >= 0.3 is 0 Å². The van der Waals surface area contributed by atoms with Crippen LogP contribution in [0.3, 0.4) is 0 Å². The van der Waals surface area contributed by atoms with Crippen LogP contribution in [0, 0.1) is 0 Å². The SMILES string of the molecule is CC(C)NS(=O)(=O)c1ccc(C(=O)NC2CCCCCCC2)cc1. The molecule has 0 radical (unpaired) electrons. The molecule has 1 fully saturated rings. The van der Waals surface area contributed by atoms with Crippen LogP contribution in [-0.2, 0) is 10.0 Å². The smallest absolute Gasteiger partial charge is 0.251 e. The molecule has 1 amide bonds. The maximum atomic E-state index is 12.4. The van der Waals surface area contributed by atoms with Crippen molar-refractivity contribution in [3.8, 4) is 0 Å². The average molecular weight is 353 g/mol. The Morgan fingerprint density at radius 2 is 1.54 bits per heavy atom. The summed E-state index contributed by atoms with van der Waals surface area (Å²) in [6.45, 7) is 3.54. The molecule has 0 atom stereocenters. The van der Waals surface area contributed by atoms with Crippen molar-refractivity contribution in [1.29, 1.82) is 0 Å². The number of benzene rings is 1. The van der Waals surface area contributed by atoms with Crippen LogP contribution >= 0.6 is 0 Å². The third-order valence-electron chi connectivity index (χ3n) is 4.26. The second-order valence-corrected chi connectivity index (χ2v) is 8.53. The Bertz CT molecular complexity index is 631. The van der Waals surface area contributed by atoms with Gasteiger partial charge in [0.2, 0.25) is 10.0 Å². The van der Waals surface area contributed by atoms with Crippen molar-refractivity contribution in [2.45, 2.75) is 75.8 Å². The highest BCUT2D eigenvalue weighted by Crippen LogP contribution is 2.18. The van der Waals surface area contributed by atoms with E-state index in [-0.39, 0.29) is 22.9 Å². The van der Waals surface area contributed by atoms with E-state index in [1.54, 1.807) is 26.0 Å². The van der Waals surface area contributed by atoms with Crippen molar-refractivity contribution in [2.75, 3.05) is 0 Å². The molecule has 0 heterocycles. The van der Waals surface area contributed by atoms with Crippen LogP contribution in [0.25, 0.3) is 0 Å². The lowest BCUT2D eigenvalue weighted by atomic mass is 9.96. The van der Waals surface area contributed by atoms with Gasteiger partial charge in [0.05, 0.1) is 4.90 Å². The molecule has 5 nitrogen and oxygen atoms in total. The van der Waals surface area contributed by atoms with Gasteiger partial charge in [0, 0.05) is 17.6 Å². The minimum atomic E-state index is -3.52. The average Bonchev–Trinajstić information content (AvgIpc) is 2.48. The molecule has 2 rings (SSSR count). The number of rotatable bonds is 5. The van der Waals surface area contributed by atoms with Crippen LogP contribution in [0.1, 0.15) is 69.2 Å². The third-order valence-corrected chi connectivity index (χ3v) is 5.93. The summed E-state index contributed by atoms with van der Waals surface area (Å²) in [5, 5.41) is 3.09. The van der Waals surface area contributed by atoms with E-state index in [0.717, 1.165) is 25.7 Å². The molecule has 1 aliphatic rings. The van der Waals surface area contributed by atoms with Gasteiger partial charge in [-0.3, -0.25) is 4.79 Å². The first-order valence-corrected chi connectivity index (χ1v) is 10.3. The molecule has 1 saturated carbocycles. The largest absolute Gasteiger partial charge is 0.349 e. The van der Waals surface area contributed by atoms with Gasteiger partial charge in [-0.1, -0.05) is 32.1 Å². The first-order valence-electron chi connectivity index (χ1n) is 8.82. The predicted octanol–water partition coefficient (Wildman–Crippen LogP) is 3.22. The van der Waals surface area contributed by atoms with E-state index in [4.69, 9.17) is 0 Å². The molecule has 0 aliphatic heterocycles. The monoisotopic (exact) mass is 352 g/mol. The Morgan fingerprint density at radius 1 is 1.00 bits per heavy atom. The normalized spacial score (nSPS) is 17.3. The molecule has 0 spiro atoms. The fourth-order valence-corrected chi connectivity index (χ4v) is 4.28. The lowest BCUT2D eigenvalue weighted by Crippen LogP contribution is -2.35. The maximum absolute atomic E-state index is 12.4. The van der Waals surface area contributed by atoms with Crippen molar-refractivity contribution >= 4 is 15.9 Å². The second kappa shape index (κ2) is 8.62. The van der Waals surface area contributed by atoms with Gasteiger partial charge in [0.25, 0.3) is 5.91 Å². The quantitative estimate of drug-likeness (QED) is 0.854. The van der Waals surface area contributed by atoms with E-state index in [0.29, 0.717) is 5.56 Å². The Hall–Kier alpha value is -1.40. The van der Waals surface area contributed by atoms with Crippen molar-refractivity contribution in [3.05, 3.63) is 29.8 Å². The fourth-order valence-electron chi connectivity index (χ4n) is 3.03. The van der Waals surface area contributed by atoms with Gasteiger partial charge in [0.1, 0.15) is 0 Å². The molecule has 1 aromatic rings. The summed E-state index contributed by atoms with van der Waals surface area (Å²) in [5.74, 6) is -0.124. The van der Waals surface area contributed by atoms with Gasteiger partial charge in [0.15, 0.2) is 0 Å². The molecule has 0 saturated heterocycles. The summed E-state index contributed by atoms with van der Waals surface area (Å²) in [6.07, 6.45) is 8.13. The van der Waals surface area contributed by atoms with Crippen molar-refractivity contribution < 1.29 is 13.2 Å². The minimum Gasteiger partial charge on any atom is -0.349 e. The van der Waals surface area contributed by atoms with Gasteiger partial charge in [-0.25, -0.2) is 13.1 Å². The number of nitrogens with one attached hydrogen (secondary N) is 2. The predicted molar refractivity (Wildman–Crippen MR) is 95.5 cm³/mol. The molecule has 134 valence electrons. The lowest BCUT2D eigenvalue weighted by molar-refractivity contribution is 0.0930. The maximum Gasteiger partial charge on any atom is 0.251 e. The lowest BCUT2D eigenvalue weighted by Gasteiger charge is -2.21. The number of amides is 1. The van der Waals surface area contributed by atoms with E-state index in [2.05, 4.69) is 10.0 Å². The zero-order chi connectivity index (χ0) is 17.6. The van der Waals surface area contributed by atoms with Crippen LogP contribution in [0.2, 0.25) is 0 Å². The highest BCUT2D eigenvalue weighted by Gasteiger charge is 2.18. The van der Waals surface area contributed by atoms with Gasteiger partial charge < -0.3 is 5.32 Å². The Morgan fingerprint density at radius 3 is 2.08 bits per heavy atom. The van der Waals surface area contributed by atoms with Crippen LogP contribution < -0.4 is 10.0 Å². The number of carbonyl (C=O) groups excluding carboxylic acids is 1. The fraction of sp³-hybridized carbons (Fsp3) is 0.611. The minimum absolute atomic E-state index is 0.124. The summed E-state index contributed by atoms with van der Waals surface area (Å²) in [6, 6.07) is 6.18. The van der Waals surface area contributed by atoms with Gasteiger partial charge in [-0.2, -0.15) is 0 Å². The summed E-state index contributed by atoms with van der Waals surface area (Å²) < 4.78 is 26.7. The summed E-state index contributed by atoms with van der Waals surface area (Å²) in [7, 11) is -3.52. The molecule has 0 aromatic heterocycles. The number of hydrogen-bond donors (Lipinski definition) is 2. The zero-order valence-corrected chi connectivity index (χ0v) is 15.4. The summed E-state index contributed by atoms with van der Waals surface area (Å²) in [5.41, 5.74) is 0.501. The highest BCUT2D eigenvalue weighted by molar-refractivity contribution is 7.89. The molecule has 6 heteroatoms. The number of carbonyl (C=O) groups is 1. The van der Waals surface area contributed by atoms with Crippen molar-refractivity contribution in [2.24, 2.45) is 0 Å². The number of hydrogen-bond acceptors (Lipinski definition) is 3. The van der Waals surface area contributed by atoms with Crippen LogP contribution in [0.15, 0.2) is 29.2 Å². The molecular weight excluding hydrogens is 324 g/mol. The van der Waals surface area contributed by atoms with E-state index >= 15 is 0 Å². The highest BCUT2D eigenvalue weighted by atomic mass is 32.2. The number of sulfonamides is 1. The summed E-state index contributed by atoms with van der Waals surface area (Å²) in [4.78, 5) is 12.6. The van der Waals surface area contributed by atoms with E-state index in [1.165, 1.54) is 31.4 Å². The first kappa shape index (κ1) is 18.9. The molecule has 0 unspecified atom stereocenters. The van der Waals surface area contributed by atoms with Gasteiger partial charge in [-0.15, -0.1) is 0 Å². The molecule has 0 bridgehead atoms. The molecule has 2 N–H and O–H groups in total. The van der Waals surface area contributed by atoms with E-state index < -0.39 is 10.0 Å². The summed E-state index contributed by atoms with van der Waals surface area (Å²) >= 11 is 0. The van der Waals surface area contributed by atoms with Gasteiger partial charge in [-0.05, 0) is 51.0 Å². The standard InChI is InChI=1S/C18H28N2O3S/c1-14(2)20-24(22,23)17-12-10-15(11-13-17)18(21)19-16-8-6-4-3-5-7-9-16/h10-14,16,20H,3-9H2,1-2H3,(H,19,21). The van der Waals surface area contributed by atoms with Crippen molar-refractivity contribution in [3.63, 3.8) is 0 Å². The Balaban J connectivity index is 2.00. The van der Waals surface area contributed by atoms with Crippen LogP contribution in [0.4, 0.5) is 0 Å². The van der Waals surface area contributed by atoms with E-state index in [1.807, 2.05) is 0 Å². The second-order valence-electron chi connectivity index (χ2n) is 6.82. The Kier molecular flexibility index (Phi) is 6.80. The van der Waals surface area contributed by atoms with E-state index in [9.17, 15) is 13.2 Å². The topological polar surface area (TPSA) is 75.3 Å². The molecule has 1 aromatic carbocycles. The molecule has 24 heavy (non-hydrogen) atoms. The van der Waals surface area contributed by atoms with Crippen LogP contribution in [-0.4, -0.2) is 26.4 Å². The first-order chi connectivity index (χ1) is 11.4. The Labute approximate surface area is 145 Å². The van der Waals surface area contributed by atoms with Crippen LogP contribution in [0.5, 0.6) is 0 Å². The molecule has 1 aliphatic carbocycles. The third kappa shape index (κ3) is 5.60. The molecular formula is C18H28N2O3S. The zero-order valence-electron chi connectivity index (χ0n) is 14.5.